The van der Waals surface area contributed by atoms with Crippen molar-refractivity contribution in [1.82, 2.24) is 0 Å². The molecule has 0 aliphatic carbocycles. The standard InChI is InChI=1S/C55H64N6O10/c1-57-32-41-26-38-11-6-8-13-45(38)60(41)54(63)43-28-49(66-4)51(30-47(43)57)70-34-36-23-37(25-40(24-36)59(16-10-15-53(56)62)17-18-68-21-22-69-20-19-65-3)35-71-52-31-48-44(29-50(52)67-5)55(64)61-42(33-58(48)2)27-39-12-7-9-14-46(39)61/h6-9,11-14,23-25,28-31,41-42H,10,15-22,26-27,32-35H2,1-5H3,(H2,56,62)/t41-,42-/m0/s1. The van der Waals surface area contributed by atoms with Crippen molar-refractivity contribution in [3.63, 3.8) is 0 Å². The highest BCUT2D eigenvalue weighted by molar-refractivity contribution is 6.13. The molecule has 0 fully saturated rings. The summed E-state index contributed by atoms with van der Waals surface area (Å²) in [6.45, 7) is 4.89. The Hall–Kier alpha value is -7.01. The molecule has 0 saturated carbocycles. The number of anilines is 5. The second kappa shape index (κ2) is 22.0. The topological polar surface area (TPSA) is 158 Å². The molecule has 0 unspecified atom stereocenters. The van der Waals surface area contributed by atoms with E-state index in [9.17, 15) is 14.4 Å². The van der Waals surface area contributed by atoms with Crippen LogP contribution < -0.4 is 49.2 Å². The van der Waals surface area contributed by atoms with Gasteiger partial charge < -0.3 is 63.4 Å². The van der Waals surface area contributed by atoms with E-state index in [0.29, 0.717) is 99.8 Å². The number of para-hydroxylation sites is 2. The predicted molar refractivity (Wildman–Crippen MR) is 273 cm³/mol. The zero-order valence-corrected chi connectivity index (χ0v) is 41.3. The number of methoxy groups -OCH3 is 3. The third-order valence-electron chi connectivity index (χ3n) is 13.7. The number of ether oxygens (including phenoxy) is 7. The van der Waals surface area contributed by atoms with Crippen molar-refractivity contribution in [2.45, 2.75) is 51.0 Å². The van der Waals surface area contributed by atoms with Crippen LogP contribution in [0.4, 0.5) is 28.4 Å². The first-order chi connectivity index (χ1) is 34.5. The van der Waals surface area contributed by atoms with Gasteiger partial charge in [-0.2, -0.15) is 0 Å². The number of nitrogens with two attached hydrogens (primary N) is 1. The number of hydrogen-bond donors (Lipinski definition) is 1. The van der Waals surface area contributed by atoms with E-state index < -0.39 is 0 Å². The van der Waals surface area contributed by atoms with Crippen LogP contribution >= 0.6 is 0 Å². The maximum atomic E-state index is 14.3. The zero-order chi connectivity index (χ0) is 49.6. The number of hydrogen-bond acceptors (Lipinski definition) is 13. The van der Waals surface area contributed by atoms with Gasteiger partial charge in [0.2, 0.25) is 5.91 Å². The molecule has 0 saturated heterocycles. The first-order valence-corrected chi connectivity index (χ1v) is 24.3. The molecule has 9 rings (SSSR count). The summed E-state index contributed by atoms with van der Waals surface area (Å²) >= 11 is 0. The van der Waals surface area contributed by atoms with Crippen LogP contribution in [0, 0.1) is 0 Å². The van der Waals surface area contributed by atoms with Crippen molar-refractivity contribution in [3.05, 3.63) is 124 Å². The molecule has 4 aliphatic rings. The second-order valence-electron chi connectivity index (χ2n) is 18.5. The molecule has 374 valence electrons. The quantitative estimate of drug-likeness (QED) is 0.0736. The van der Waals surface area contributed by atoms with Crippen molar-refractivity contribution in [3.8, 4) is 23.0 Å². The zero-order valence-electron chi connectivity index (χ0n) is 41.3. The van der Waals surface area contributed by atoms with Crippen molar-refractivity contribution in [2.75, 3.05) is 119 Å². The minimum Gasteiger partial charge on any atom is -0.493 e. The lowest BCUT2D eigenvalue weighted by molar-refractivity contribution is -0.118. The summed E-state index contributed by atoms with van der Waals surface area (Å²) in [7, 11) is 8.80. The Morgan fingerprint density at radius 3 is 1.59 bits per heavy atom. The van der Waals surface area contributed by atoms with Crippen LogP contribution in [0.1, 0.15) is 55.8 Å². The molecule has 2 N–H and O–H groups in total. The first kappa shape index (κ1) is 49.0. The number of benzene rings is 5. The summed E-state index contributed by atoms with van der Waals surface area (Å²) in [6, 6.07) is 29.7. The van der Waals surface area contributed by atoms with E-state index in [0.717, 1.165) is 63.5 Å². The minimum absolute atomic E-state index is 0.00775. The molecule has 16 heteroatoms. The summed E-state index contributed by atoms with van der Waals surface area (Å²) < 4.78 is 41.8. The highest BCUT2D eigenvalue weighted by Gasteiger charge is 2.41. The Morgan fingerprint density at radius 1 is 0.606 bits per heavy atom. The van der Waals surface area contributed by atoms with E-state index in [1.165, 1.54) is 0 Å². The monoisotopic (exact) mass is 968 g/mol. The van der Waals surface area contributed by atoms with E-state index in [-0.39, 0.29) is 49.4 Å². The van der Waals surface area contributed by atoms with Crippen molar-refractivity contribution >= 4 is 46.2 Å². The summed E-state index contributed by atoms with van der Waals surface area (Å²) in [5.74, 6) is 1.35. The van der Waals surface area contributed by atoms with Crippen LogP contribution in [0.25, 0.3) is 0 Å². The fourth-order valence-corrected chi connectivity index (χ4v) is 10.3. The van der Waals surface area contributed by atoms with Crippen molar-refractivity contribution in [1.29, 1.82) is 0 Å². The van der Waals surface area contributed by atoms with Crippen LogP contribution in [0.15, 0.2) is 91.0 Å². The van der Waals surface area contributed by atoms with Gasteiger partial charge in [-0.25, -0.2) is 0 Å². The lowest BCUT2D eigenvalue weighted by Gasteiger charge is -2.26. The van der Waals surface area contributed by atoms with Gasteiger partial charge in [-0.05, 0) is 84.0 Å². The molecule has 0 spiro atoms. The number of carbonyl (C=O) groups excluding carboxylic acids is 3. The number of carbonyl (C=O) groups is 3. The maximum Gasteiger partial charge on any atom is 0.260 e. The van der Waals surface area contributed by atoms with Gasteiger partial charge in [0, 0.05) is 83.0 Å². The van der Waals surface area contributed by atoms with Gasteiger partial charge in [0.1, 0.15) is 13.2 Å². The van der Waals surface area contributed by atoms with Gasteiger partial charge in [-0.1, -0.05) is 36.4 Å². The van der Waals surface area contributed by atoms with Crippen molar-refractivity contribution < 1.29 is 47.5 Å². The Labute approximate surface area is 415 Å². The number of likely N-dealkylation sites (N-methyl/N-ethyl adjacent to an activating group) is 2. The van der Waals surface area contributed by atoms with Gasteiger partial charge >= 0.3 is 0 Å². The highest BCUT2D eigenvalue weighted by Crippen LogP contribution is 2.44. The fourth-order valence-electron chi connectivity index (χ4n) is 10.3. The number of nitrogens with zero attached hydrogens (tertiary/aromatic N) is 5. The largest absolute Gasteiger partial charge is 0.493 e. The normalized spacial score (nSPS) is 16.6. The molecular formula is C55H64N6O10. The average Bonchev–Trinajstić information content (AvgIpc) is 3.88. The van der Waals surface area contributed by atoms with Gasteiger partial charge in [0.15, 0.2) is 23.0 Å². The van der Waals surface area contributed by atoms with Gasteiger partial charge in [-0.15, -0.1) is 0 Å². The Bertz CT molecular complexity index is 2590. The maximum absolute atomic E-state index is 14.3. The molecule has 3 amide bonds. The fraction of sp³-hybridized carbons (Fsp3) is 0.400. The minimum atomic E-state index is -0.370. The predicted octanol–water partition coefficient (Wildman–Crippen LogP) is 6.66. The molecule has 5 aromatic rings. The third-order valence-corrected chi connectivity index (χ3v) is 13.7. The second-order valence-corrected chi connectivity index (χ2v) is 18.5. The molecule has 0 aromatic heterocycles. The number of primary amides is 1. The molecule has 71 heavy (non-hydrogen) atoms. The lowest BCUT2D eigenvalue weighted by Crippen LogP contribution is -2.41. The number of rotatable bonds is 22. The SMILES string of the molecule is COCCOCCOCCN(CCCC(N)=O)c1cc(COc2cc3c(cc2OC)C(=O)N2c4ccccc4C[C@H]2CN3C)cc(COc2cc3c(cc2OC)C(=O)N2c4ccccc4C[C@H]2CN3C)c1. The Morgan fingerprint density at radius 2 is 1.10 bits per heavy atom. The molecule has 2 atom stereocenters. The van der Waals surface area contributed by atoms with Gasteiger partial charge in [0.25, 0.3) is 11.8 Å². The average molecular weight is 969 g/mol. The number of amides is 3. The summed E-state index contributed by atoms with van der Waals surface area (Å²) in [5.41, 5.74) is 15.0. The van der Waals surface area contributed by atoms with E-state index in [2.05, 4.69) is 39.0 Å². The summed E-state index contributed by atoms with van der Waals surface area (Å²) in [4.78, 5) is 50.8. The van der Waals surface area contributed by atoms with Crippen LogP contribution in [0.3, 0.4) is 0 Å². The Balaban J connectivity index is 1.00. The van der Waals surface area contributed by atoms with Gasteiger partial charge in [-0.3, -0.25) is 14.4 Å². The van der Waals surface area contributed by atoms with E-state index in [1.54, 1.807) is 33.5 Å². The van der Waals surface area contributed by atoms with Crippen LogP contribution in [0.5, 0.6) is 23.0 Å². The molecule has 16 nitrogen and oxygen atoms in total. The van der Waals surface area contributed by atoms with E-state index >= 15 is 0 Å². The van der Waals surface area contributed by atoms with Gasteiger partial charge in [0.05, 0.1) is 81.8 Å². The van der Waals surface area contributed by atoms with E-state index in [1.807, 2.05) is 78.5 Å². The van der Waals surface area contributed by atoms with Crippen molar-refractivity contribution in [2.24, 2.45) is 5.73 Å². The third kappa shape index (κ3) is 10.6. The molecule has 4 aliphatic heterocycles. The summed E-state index contributed by atoms with van der Waals surface area (Å²) in [6.07, 6.45) is 2.32. The molecule has 0 bridgehead atoms. The Kier molecular flexibility index (Phi) is 15.2. The molecular weight excluding hydrogens is 905 g/mol. The first-order valence-electron chi connectivity index (χ1n) is 24.3. The van der Waals surface area contributed by atoms with Crippen LogP contribution in [-0.2, 0) is 45.1 Å². The smallest absolute Gasteiger partial charge is 0.260 e. The van der Waals surface area contributed by atoms with Crippen LogP contribution in [-0.4, -0.2) is 124 Å². The lowest BCUT2D eigenvalue weighted by atomic mass is 10.1. The summed E-state index contributed by atoms with van der Waals surface area (Å²) in [5, 5.41) is 0. The molecule has 0 radical (unpaired) electrons. The molecule has 4 heterocycles. The van der Waals surface area contributed by atoms with E-state index in [4.69, 9.17) is 38.9 Å². The van der Waals surface area contributed by atoms with Crippen LogP contribution in [0.2, 0.25) is 0 Å². The highest BCUT2D eigenvalue weighted by atomic mass is 16.5. The molecule has 5 aromatic carbocycles. The number of fused-ring (bicyclic) bond motifs is 8.